The van der Waals surface area contributed by atoms with Crippen molar-refractivity contribution >= 4 is 16.8 Å². The summed E-state index contributed by atoms with van der Waals surface area (Å²) in [6.07, 6.45) is -4.62. The van der Waals surface area contributed by atoms with Crippen molar-refractivity contribution in [2.45, 2.75) is 11.1 Å². The quantitative estimate of drug-likeness (QED) is 0.260. The third-order valence-electron chi connectivity index (χ3n) is 1.29. The van der Waals surface area contributed by atoms with Gasteiger partial charge in [0.05, 0.1) is 0 Å². The molecule has 0 heterocycles. The molecule has 0 aliphatic heterocycles. The highest BCUT2D eigenvalue weighted by atomic mass is 32.2. The number of benzene rings is 1. The topological polar surface area (TPSA) is 32.6 Å². The lowest BCUT2D eigenvalue weighted by Crippen LogP contribution is -2.19. The predicted octanol–water partition coefficient (Wildman–Crippen LogP) is 3.13. The molecule has 0 saturated heterocycles. The Hall–Kier alpha value is -1.17. The van der Waals surface area contributed by atoms with E-state index in [-0.39, 0.29) is 0 Å². The second-order valence-corrected chi connectivity index (χ2v) is 3.38. The van der Waals surface area contributed by atoms with E-state index in [4.69, 9.17) is 5.21 Å². The molecule has 1 rings (SSSR count). The molecule has 0 aliphatic rings. The summed E-state index contributed by atoms with van der Waals surface area (Å²) >= 11 is 0.371. The van der Waals surface area contributed by atoms with Gasteiger partial charge < -0.3 is 5.21 Å². The molecule has 0 aromatic heterocycles. The fourth-order valence-corrected chi connectivity index (χ4v) is 1.41. The molecular formula is C8H6F3NOS. The van der Waals surface area contributed by atoms with E-state index in [2.05, 4.69) is 5.16 Å². The lowest BCUT2D eigenvalue weighted by molar-refractivity contribution is -0.0573. The summed E-state index contributed by atoms with van der Waals surface area (Å²) < 4.78 is 36.3. The van der Waals surface area contributed by atoms with E-state index in [0.717, 1.165) is 0 Å². The number of hydrogen-bond donors (Lipinski definition) is 1. The van der Waals surface area contributed by atoms with Gasteiger partial charge in [-0.25, -0.2) is 0 Å². The Morgan fingerprint density at radius 3 is 2.21 bits per heavy atom. The molecule has 6 heteroatoms. The number of alkyl halides is 3. The van der Waals surface area contributed by atoms with Gasteiger partial charge in [-0.3, -0.25) is 0 Å². The van der Waals surface area contributed by atoms with Gasteiger partial charge in [-0.1, -0.05) is 35.1 Å². The fourth-order valence-electron chi connectivity index (χ4n) is 0.735. The van der Waals surface area contributed by atoms with Gasteiger partial charge >= 0.3 is 6.18 Å². The normalized spacial score (nSPS) is 12.9. The van der Waals surface area contributed by atoms with Crippen molar-refractivity contribution in [3.63, 3.8) is 0 Å². The van der Waals surface area contributed by atoms with Gasteiger partial charge in [-0.15, -0.1) is 0 Å². The second-order valence-electron chi connectivity index (χ2n) is 2.32. The number of rotatable bonds is 1. The van der Waals surface area contributed by atoms with Crippen LogP contribution in [0.25, 0.3) is 0 Å². The van der Waals surface area contributed by atoms with Gasteiger partial charge in [-0.05, 0) is 12.1 Å². The number of nitrogens with zero attached hydrogens (tertiary/aromatic N) is 1. The van der Waals surface area contributed by atoms with Crippen LogP contribution in [0.15, 0.2) is 40.4 Å². The van der Waals surface area contributed by atoms with Crippen LogP contribution >= 0.6 is 11.8 Å². The number of thioether (sulfide) groups is 1. The van der Waals surface area contributed by atoms with Crippen molar-refractivity contribution < 1.29 is 18.4 Å². The summed E-state index contributed by atoms with van der Waals surface area (Å²) in [5.74, 6) is 0. The van der Waals surface area contributed by atoms with Crippen molar-refractivity contribution in [3.8, 4) is 0 Å². The largest absolute Gasteiger partial charge is 0.443 e. The second kappa shape index (κ2) is 4.36. The average Bonchev–Trinajstić information content (AvgIpc) is 2.14. The van der Waals surface area contributed by atoms with Crippen molar-refractivity contribution in [2.75, 3.05) is 0 Å². The summed E-state index contributed by atoms with van der Waals surface area (Å²) in [4.78, 5) is 0.373. The Balaban J connectivity index is 2.78. The van der Waals surface area contributed by atoms with Crippen LogP contribution in [-0.4, -0.2) is 16.4 Å². The number of halogens is 3. The zero-order valence-electron chi connectivity index (χ0n) is 6.82. The molecule has 1 aromatic rings. The summed E-state index contributed by atoms with van der Waals surface area (Å²) in [6.45, 7) is 0. The van der Waals surface area contributed by atoms with Crippen LogP contribution in [0, 0.1) is 0 Å². The zero-order valence-corrected chi connectivity index (χ0v) is 7.64. The fraction of sp³-hybridized carbons (Fsp3) is 0.125. The van der Waals surface area contributed by atoms with Gasteiger partial charge in [0.1, 0.15) is 0 Å². The highest BCUT2D eigenvalue weighted by Gasteiger charge is 2.37. The van der Waals surface area contributed by atoms with E-state index in [0.29, 0.717) is 16.7 Å². The molecule has 0 aliphatic carbocycles. The van der Waals surface area contributed by atoms with E-state index in [9.17, 15) is 13.2 Å². The van der Waals surface area contributed by atoms with Crippen LogP contribution in [0.5, 0.6) is 0 Å². The van der Waals surface area contributed by atoms with E-state index in [1.807, 2.05) is 0 Å². The maximum absolute atomic E-state index is 12.1. The predicted molar refractivity (Wildman–Crippen MR) is 47.6 cm³/mol. The highest BCUT2D eigenvalue weighted by molar-refractivity contribution is 8.14. The van der Waals surface area contributed by atoms with Gasteiger partial charge in [-0.2, -0.15) is 13.2 Å². The third kappa shape index (κ3) is 2.95. The first-order valence-corrected chi connectivity index (χ1v) is 4.38. The van der Waals surface area contributed by atoms with Crippen LogP contribution in [0.1, 0.15) is 0 Å². The lowest BCUT2D eigenvalue weighted by atomic mass is 10.4. The Labute approximate surface area is 82.4 Å². The molecule has 0 unspecified atom stereocenters. The van der Waals surface area contributed by atoms with Crippen LogP contribution in [0.2, 0.25) is 0 Å². The Morgan fingerprint density at radius 1 is 1.21 bits per heavy atom. The maximum atomic E-state index is 12.1. The highest BCUT2D eigenvalue weighted by Crippen LogP contribution is 2.29. The Bertz CT molecular complexity index is 323. The summed E-state index contributed by atoms with van der Waals surface area (Å²) in [5, 5.41) is 9.10. The smallest absolute Gasteiger partial charge is 0.410 e. The summed E-state index contributed by atoms with van der Waals surface area (Å²) in [7, 11) is 0. The SMILES string of the molecule is ON=C(Sc1ccccc1)C(F)(F)F. The van der Waals surface area contributed by atoms with Crippen molar-refractivity contribution in [1.82, 2.24) is 0 Å². The first-order chi connectivity index (χ1) is 6.54. The van der Waals surface area contributed by atoms with Crippen molar-refractivity contribution in [1.29, 1.82) is 0 Å². The molecule has 0 radical (unpaired) electrons. The zero-order chi connectivity index (χ0) is 10.6. The van der Waals surface area contributed by atoms with Crippen LogP contribution < -0.4 is 0 Å². The standard InChI is InChI=1S/C8H6F3NOS/c9-8(10,11)7(12-13)14-6-4-2-1-3-5-6/h1-5,13H. The summed E-state index contributed by atoms with van der Waals surface area (Å²) in [6, 6.07) is 7.90. The lowest BCUT2D eigenvalue weighted by Gasteiger charge is -2.06. The minimum atomic E-state index is -4.62. The third-order valence-corrected chi connectivity index (χ3v) is 2.31. The number of hydrogen-bond acceptors (Lipinski definition) is 3. The van der Waals surface area contributed by atoms with Gasteiger partial charge in [0.15, 0.2) is 0 Å². The Kier molecular flexibility index (Phi) is 3.40. The average molecular weight is 221 g/mol. The molecule has 76 valence electrons. The number of oxime groups is 1. The van der Waals surface area contributed by atoms with Gasteiger partial charge in [0, 0.05) is 4.90 Å². The van der Waals surface area contributed by atoms with Crippen LogP contribution in [0.3, 0.4) is 0 Å². The molecule has 1 N–H and O–H groups in total. The molecule has 0 atom stereocenters. The molecule has 2 nitrogen and oxygen atoms in total. The molecule has 1 aromatic carbocycles. The van der Waals surface area contributed by atoms with Crippen molar-refractivity contribution in [3.05, 3.63) is 30.3 Å². The van der Waals surface area contributed by atoms with Gasteiger partial charge in [0.25, 0.3) is 0 Å². The molecule has 0 spiro atoms. The maximum Gasteiger partial charge on any atom is 0.443 e. The van der Waals surface area contributed by atoms with E-state index in [1.165, 1.54) is 12.1 Å². The van der Waals surface area contributed by atoms with E-state index < -0.39 is 11.2 Å². The van der Waals surface area contributed by atoms with Crippen molar-refractivity contribution in [2.24, 2.45) is 5.16 Å². The van der Waals surface area contributed by atoms with E-state index in [1.54, 1.807) is 18.2 Å². The van der Waals surface area contributed by atoms with Crippen LogP contribution in [0.4, 0.5) is 13.2 Å². The molecular weight excluding hydrogens is 215 g/mol. The summed E-state index contributed by atoms with van der Waals surface area (Å²) in [5.41, 5.74) is 0. The molecule has 0 bridgehead atoms. The first-order valence-electron chi connectivity index (χ1n) is 3.56. The molecule has 0 saturated carbocycles. The monoisotopic (exact) mass is 221 g/mol. The molecule has 14 heavy (non-hydrogen) atoms. The first kappa shape index (κ1) is 10.9. The minimum Gasteiger partial charge on any atom is -0.410 e. The van der Waals surface area contributed by atoms with E-state index >= 15 is 0 Å². The van der Waals surface area contributed by atoms with Gasteiger partial charge in [0.2, 0.25) is 5.04 Å². The molecule has 0 fully saturated rings. The Morgan fingerprint density at radius 2 is 1.79 bits per heavy atom. The molecule has 0 amide bonds. The van der Waals surface area contributed by atoms with Crippen LogP contribution in [-0.2, 0) is 0 Å². The minimum absolute atomic E-state index is 0.371.